The molecule has 202 valence electrons. The number of nitrogens with zero attached hydrogens (tertiary/aromatic N) is 4. The van der Waals surface area contributed by atoms with E-state index >= 15 is 0 Å². The monoisotopic (exact) mass is 535 g/mol. The van der Waals surface area contributed by atoms with Crippen LogP contribution in [0.5, 0.6) is 0 Å². The maximum Gasteiger partial charge on any atom is 0.274 e. The molecular weight excluding hydrogens is 506 g/mol. The predicted octanol–water partition coefficient (Wildman–Crippen LogP) is 3.08. The first-order chi connectivity index (χ1) is 19.3. The number of carbonyl (C=O) groups excluding carboxylic acids is 2. The molecule has 1 atom stereocenters. The van der Waals surface area contributed by atoms with Crippen molar-refractivity contribution in [3.63, 3.8) is 0 Å². The number of para-hydroxylation sites is 1. The highest BCUT2D eigenvalue weighted by molar-refractivity contribution is 5.97. The van der Waals surface area contributed by atoms with Gasteiger partial charge in [-0.3, -0.25) is 19.0 Å². The lowest BCUT2D eigenvalue weighted by molar-refractivity contribution is -0.116. The molecule has 0 saturated carbocycles. The number of hydrogen-bond acceptors (Lipinski definition) is 6. The maximum atomic E-state index is 14.1. The molecule has 4 rings (SSSR count). The van der Waals surface area contributed by atoms with E-state index in [2.05, 4.69) is 45.9 Å². The molecule has 10 nitrogen and oxygen atoms in total. The number of benzene rings is 2. The van der Waals surface area contributed by atoms with Gasteiger partial charge in [-0.1, -0.05) is 48.8 Å². The summed E-state index contributed by atoms with van der Waals surface area (Å²) in [7, 11) is 0. The lowest BCUT2D eigenvalue weighted by atomic mass is 10.0. The highest BCUT2D eigenvalue weighted by Gasteiger charge is 2.24. The van der Waals surface area contributed by atoms with E-state index in [-0.39, 0.29) is 23.0 Å². The number of rotatable bonds is 8. The van der Waals surface area contributed by atoms with Crippen LogP contribution in [0.25, 0.3) is 16.5 Å². The van der Waals surface area contributed by atoms with E-state index in [4.69, 9.17) is 5.73 Å². The van der Waals surface area contributed by atoms with Gasteiger partial charge in [0.2, 0.25) is 5.91 Å². The number of imidazole rings is 1. The number of carbonyl (C=O) groups is 2. The first-order valence-electron chi connectivity index (χ1n) is 12.5. The molecule has 1 unspecified atom stereocenters. The van der Waals surface area contributed by atoms with Crippen molar-refractivity contribution in [3.8, 4) is 17.5 Å². The SMILES string of the molecule is C=CC(=O)NCCC#Cc1cccc2cc(C(C)NC(=O)c3c(N)nc(C)n3N=C)n(-c3ccccc3)c(=O)c12. The topological polar surface area (TPSA) is 136 Å². The summed E-state index contributed by atoms with van der Waals surface area (Å²) in [5.41, 5.74) is 7.52. The molecule has 4 N–H and O–H groups in total. The maximum absolute atomic E-state index is 14.1. The van der Waals surface area contributed by atoms with Crippen molar-refractivity contribution in [2.45, 2.75) is 26.3 Å². The summed E-state index contributed by atoms with van der Waals surface area (Å²) in [4.78, 5) is 42.8. The van der Waals surface area contributed by atoms with E-state index in [1.165, 1.54) is 10.8 Å². The van der Waals surface area contributed by atoms with Crippen molar-refractivity contribution in [1.82, 2.24) is 24.9 Å². The summed E-state index contributed by atoms with van der Waals surface area (Å²) >= 11 is 0. The van der Waals surface area contributed by atoms with Gasteiger partial charge in [0.1, 0.15) is 5.82 Å². The smallest absolute Gasteiger partial charge is 0.274 e. The van der Waals surface area contributed by atoms with Crippen LogP contribution in [0.15, 0.2) is 77.1 Å². The molecule has 2 amide bonds. The van der Waals surface area contributed by atoms with Crippen LogP contribution in [-0.2, 0) is 4.79 Å². The minimum atomic E-state index is -0.610. The fourth-order valence-corrected chi connectivity index (χ4v) is 4.40. The molecule has 0 bridgehead atoms. The molecule has 0 fully saturated rings. The molecule has 2 aromatic carbocycles. The largest absolute Gasteiger partial charge is 0.382 e. The first kappa shape index (κ1) is 27.6. The van der Waals surface area contributed by atoms with Crippen molar-refractivity contribution in [1.29, 1.82) is 0 Å². The number of anilines is 1. The van der Waals surface area contributed by atoms with E-state index in [1.54, 1.807) is 24.5 Å². The Kier molecular flexibility index (Phi) is 8.25. The third kappa shape index (κ3) is 5.54. The second-order valence-corrected chi connectivity index (χ2v) is 8.90. The van der Waals surface area contributed by atoms with Gasteiger partial charge in [-0.15, -0.1) is 0 Å². The fraction of sp³-hybridized carbons (Fsp3) is 0.167. The van der Waals surface area contributed by atoms with Gasteiger partial charge in [0.25, 0.3) is 11.5 Å². The van der Waals surface area contributed by atoms with Gasteiger partial charge in [-0.25, -0.2) is 9.66 Å². The summed E-state index contributed by atoms with van der Waals surface area (Å²) in [5, 5.41) is 10.6. The van der Waals surface area contributed by atoms with Crippen LogP contribution in [0, 0.1) is 18.8 Å². The molecule has 2 aromatic heterocycles. The van der Waals surface area contributed by atoms with E-state index in [1.807, 2.05) is 48.5 Å². The molecule has 0 aliphatic rings. The zero-order valence-electron chi connectivity index (χ0n) is 22.3. The zero-order chi connectivity index (χ0) is 28.8. The van der Waals surface area contributed by atoms with Gasteiger partial charge < -0.3 is 16.4 Å². The van der Waals surface area contributed by atoms with Gasteiger partial charge >= 0.3 is 0 Å². The predicted molar refractivity (Wildman–Crippen MR) is 156 cm³/mol. The average molecular weight is 536 g/mol. The highest BCUT2D eigenvalue weighted by atomic mass is 16.2. The van der Waals surface area contributed by atoms with E-state index in [0.29, 0.717) is 46.5 Å². The Balaban J connectivity index is 1.78. The van der Waals surface area contributed by atoms with Crippen LogP contribution >= 0.6 is 0 Å². The second-order valence-electron chi connectivity index (χ2n) is 8.90. The molecule has 40 heavy (non-hydrogen) atoms. The zero-order valence-corrected chi connectivity index (χ0v) is 22.3. The molecule has 0 aliphatic heterocycles. The van der Waals surface area contributed by atoms with Gasteiger partial charge in [0.05, 0.1) is 11.4 Å². The Labute approximate surface area is 231 Å². The molecular formula is C30H29N7O3. The van der Waals surface area contributed by atoms with Crippen molar-refractivity contribution < 1.29 is 9.59 Å². The Bertz CT molecular complexity index is 1740. The lowest BCUT2D eigenvalue weighted by Crippen LogP contribution is -2.33. The highest BCUT2D eigenvalue weighted by Crippen LogP contribution is 2.24. The van der Waals surface area contributed by atoms with Crippen molar-refractivity contribution in [2.24, 2.45) is 5.10 Å². The third-order valence-corrected chi connectivity index (χ3v) is 6.24. The summed E-state index contributed by atoms with van der Waals surface area (Å²) in [6.07, 6.45) is 1.61. The van der Waals surface area contributed by atoms with Crippen molar-refractivity contribution in [3.05, 3.63) is 100 Å². The minimum Gasteiger partial charge on any atom is -0.382 e. The number of nitrogens with two attached hydrogens (primary N) is 1. The van der Waals surface area contributed by atoms with E-state index in [9.17, 15) is 14.4 Å². The Morgan fingerprint density at radius 3 is 2.65 bits per heavy atom. The van der Waals surface area contributed by atoms with Crippen LogP contribution in [0.3, 0.4) is 0 Å². The van der Waals surface area contributed by atoms with Gasteiger partial charge in [-0.2, -0.15) is 5.10 Å². The van der Waals surface area contributed by atoms with Crippen LogP contribution in [0.4, 0.5) is 5.82 Å². The molecule has 0 spiro atoms. The van der Waals surface area contributed by atoms with Crippen LogP contribution < -0.4 is 21.9 Å². The number of nitrogens with one attached hydrogen (secondary N) is 2. The summed E-state index contributed by atoms with van der Waals surface area (Å²) in [6.45, 7) is 10.7. The molecule has 0 aliphatic carbocycles. The van der Waals surface area contributed by atoms with Gasteiger partial charge in [0.15, 0.2) is 11.5 Å². The fourth-order valence-electron chi connectivity index (χ4n) is 4.40. The summed E-state index contributed by atoms with van der Waals surface area (Å²) in [5.74, 6) is 5.77. The molecule has 0 saturated heterocycles. The quantitative estimate of drug-likeness (QED) is 0.138. The number of amides is 2. The number of aryl methyl sites for hydroxylation is 1. The lowest BCUT2D eigenvalue weighted by Gasteiger charge is -2.21. The van der Waals surface area contributed by atoms with Crippen LogP contribution in [0.1, 0.15) is 47.0 Å². The minimum absolute atomic E-state index is 0.0286. The Morgan fingerprint density at radius 2 is 1.95 bits per heavy atom. The standard InChI is InChI=1S/C30H29N7O3/c1-5-25(38)33-17-10-9-12-21-13-11-14-22-18-24(36(30(40)26(21)22)23-15-7-6-8-16-23)19(2)34-29(39)27-28(31)35-20(3)37(27)32-4/h5-8,11,13-16,18-19H,1,4,10,17,31H2,2-3H3,(H,33,38)(H,34,39). The first-order valence-corrected chi connectivity index (χ1v) is 12.5. The number of hydrogen-bond donors (Lipinski definition) is 3. The number of aromatic nitrogens is 3. The van der Waals surface area contributed by atoms with Crippen LogP contribution in [-0.4, -0.2) is 39.3 Å². The number of pyridine rings is 1. The normalized spacial score (nSPS) is 11.2. The molecule has 0 radical (unpaired) electrons. The van der Waals surface area contributed by atoms with E-state index in [0.717, 1.165) is 0 Å². The summed E-state index contributed by atoms with van der Waals surface area (Å²) < 4.78 is 2.84. The van der Waals surface area contributed by atoms with Crippen LogP contribution in [0.2, 0.25) is 0 Å². The third-order valence-electron chi connectivity index (χ3n) is 6.24. The molecule has 2 heterocycles. The summed E-state index contributed by atoms with van der Waals surface area (Å²) in [6, 6.07) is 15.9. The molecule has 4 aromatic rings. The van der Waals surface area contributed by atoms with Crippen molar-refractivity contribution in [2.75, 3.05) is 12.3 Å². The van der Waals surface area contributed by atoms with Gasteiger partial charge in [0, 0.05) is 36.6 Å². The average Bonchev–Trinajstić information content (AvgIpc) is 3.25. The Hall–Kier alpha value is -5.43. The van der Waals surface area contributed by atoms with Crippen molar-refractivity contribution >= 4 is 35.1 Å². The number of fused-ring (bicyclic) bond motifs is 1. The second kappa shape index (κ2) is 12.0. The van der Waals surface area contributed by atoms with Gasteiger partial charge in [-0.05, 0) is 49.6 Å². The van der Waals surface area contributed by atoms with E-state index < -0.39 is 11.9 Å². The Morgan fingerprint density at radius 1 is 1.20 bits per heavy atom. The molecule has 10 heteroatoms. The number of nitrogen functional groups attached to an aromatic ring is 1.